The van der Waals surface area contributed by atoms with Gasteiger partial charge < -0.3 is 4.74 Å². The minimum Gasteiger partial charge on any atom is -0.444 e. The molecule has 0 aromatic heterocycles. The van der Waals surface area contributed by atoms with Gasteiger partial charge in [-0.3, -0.25) is 5.32 Å². The number of carbonyl (C=O) groups is 1. The van der Waals surface area contributed by atoms with Crippen molar-refractivity contribution in [1.82, 2.24) is 0 Å². The van der Waals surface area contributed by atoms with Gasteiger partial charge in [-0.25, -0.2) is 4.79 Å². The highest BCUT2D eigenvalue weighted by Crippen LogP contribution is 2.23. The van der Waals surface area contributed by atoms with E-state index < -0.39 is 11.7 Å². The van der Waals surface area contributed by atoms with Gasteiger partial charge in [-0.1, -0.05) is 17.7 Å². The van der Waals surface area contributed by atoms with Gasteiger partial charge in [0.1, 0.15) is 5.60 Å². The van der Waals surface area contributed by atoms with E-state index in [0.29, 0.717) is 10.7 Å². The molecule has 0 aliphatic heterocycles. The third-order valence-electron chi connectivity index (χ3n) is 1.76. The number of nitrogens with one attached hydrogen (secondary N) is 1. The van der Waals surface area contributed by atoms with Crippen molar-refractivity contribution in [2.45, 2.75) is 33.3 Å². The Hall–Kier alpha value is -1.22. The first-order valence-electron chi connectivity index (χ1n) is 5.04. The highest BCUT2D eigenvalue weighted by Gasteiger charge is 2.16. The lowest BCUT2D eigenvalue weighted by molar-refractivity contribution is 0.0636. The minimum atomic E-state index is -0.513. The molecule has 1 rings (SSSR count). The summed E-state index contributed by atoms with van der Waals surface area (Å²) in [6, 6.07) is 5.41. The molecule has 1 N–H and O–H groups in total. The predicted octanol–water partition coefficient (Wildman–Crippen LogP) is 4.00. The lowest BCUT2D eigenvalue weighted by Crippen LogP contribution is -2.27. The number of carbonyl (C=O) groups excluding carboxylic acids is 1. The molecule has 0 aliphatic carbocycles. The molecule has 0 fully saturated rings. The Bertz CT molecular complexity index is 396. The molecule has 3 nitrogen and oxygen atoms in total. The van der Waals surface area contributed by atoms with Crippen molar-refractivity contribution in [2.24, 2.45) is 0 Å². The molecule has 16 heavy (non-hydrogen) atoms. The van der Waals surface area contributed by atoms with Crippen molar-refractivity contribution in [1.29, 1.82) is 0 Å². The molecule has 0 spiro atoms. The van der Waals surface area contributed by atoms with Gasteiger partial charge in [0.05, 0.1) is 10.7 Å². The van der Waals surface area contributed by atoms with Crippen LogP contribution in [0.4, 0.5) is 10.5 Å². The highest BCUT2D eigenvalue weighted by atomic mass is 35.5. The van der Waals surface area contributed by atoms with Gasteiger partial charge in [0.2, 0.25) is 0 Å². The summed E-state index contributed by atoms with van der Waals surface area (Å²) in [5.74, 6) is 0. The molecule has 0 saturated heterocycles. The number of rotatable bonds is 1. The van der Waals surface area contributed by atoms with Gasteiger partial charge in [0, 0.05) is 0 Å². The van der Waals surface area contributed by atoms with Crippen LogP contribution in [0.25, 0.3) is 0 Å². The minimum absolute atomic E-state index is 0.502. The van der Waals surface area contributed by atoms with Crippen LogP contribution in [-0.2, 0) is 4.74 Å². The van der Waals surface area contributed by atoms with E-state index >= 15 is 0 Å². The second-order valence-electron chi connectivity index (χ2n) is 4.61. The van der Waals surface area contributed by atoms with Crippen LogP contribution in [0.15, 0.2) is 18.2 Å². The van der Waals surface area contributed by atoms with Crippen LogP contribution in [0.1, 0.15) is 26.3 Å². The molecule has 88 valence electrons. The topological polar surface area (TPSA) is 38.3 Å². The van der Waals surface area contributed by atoms with Crippen molar-refractivity contribution < 1.29 is 9.53 Å². The molecule has 0 saturated carbocycles. The Morgan fingerprint density at radius 3 is 2.50 bits per heavy atom. The Kier molecular flexibility index (Phi) is 3.81. The SMILES string of the molecule is Cc1ccc(NC(=O)OC(C)(C)C)c(Cl)c1. The summed E-state index contributed by atoms with van der Waals surface area (Å²) < 4.78 is 5.12. The van der Waals surface area contributed by atoms with Crippen molar-refractivity contribution in [3.63, 3.8) is 0 Å². The van der Waals surface area contributed by atoms with E-state index in [1.807, 2.05) is 33.8 Å². The third-order valence-corrected chi connectivity index (χ3v) is 2.07. The largest absolute Gasteiger partial charge is 0.444 e. The molecule has 1 aromatic carbocycles. The molecule has 0 unspecified atom stereocenters. The zero-order valence-corrected chi connectivity index (χ0v) is 10.7. The van der Waals surface area contributed by atoms with Crippen LogP contribution in [0.3, 0.4) is 0 Å². The number of hydrogen-bond acceptors (Lipinski definition) is 2. The number of benzene rings is 1. The zero-order chi connectivity index (χ0) is 12.3. The quantitative estimate of drug-likeness (QED) is 0.807. The summed E-state index contributed by atoms with van der Waals surface area (Å²) in [5.41, 5.74) is 1.09. The first kappa shape index (κ1) is 12.8. The fourth-order valence-corrected chi connectivity index (χ4v) is 1.42. The number of anilines is 1. The smallest absolute Gasteiger partial charge is 0.412 e. The maximum atomic E-state index is 11.5. The first-order valence-corrected chi connectivity index (χ1v) is 5.42. The van der Waals surface area contributed by atoms with Crippen LogP contribution in [0.2, 0.25) is 5.02 Å². The lowest BCUT2D eigenvalue weighted by Gasteiger charge is -2.20. The molecule has 4 heteroatoms. The van der Waals surface area contributed by atoms with Crippen LogP contribution in [-0.4, -0.2) is 11.7 Å². The highest BCUT2D eigenvalue weighted by molar-refractivity contribution is 6.33. The average Bonchev–Trinajstić information content (AvgIpc) is 2.06. The van der Waals surface area contributed by atoms with Crippen LogP contribution in [0, 0.1) is 6.92 Å². The van der Waals surface area contributed by atoms with Gasteiger partial charge in [0.25, 0.3) is 0 Å². The Labute approximate surface area is 101 Å². The van der Waals surface area contributed by atoms with E-state index in [9.17, 15) is 4.79 Å². The van der Waals surface area contributed by atoms with Gasteiger partial charge >= 0.3 is 6.09 Å². The Morgan fingerprint density at radius 1 is 1.38 bits per heavy atom. The molecule has 1 amide bonds. The number of hydrogen-bond donors (Lipinski definition) is 1. The van der Waals surface area contributed by atoms with Crippen molar-refractivity contribution in [3.05, 3.63) is 28.8 Å². The van der Waals surface area contributed by atoms with Crippen LogP contribution < -0.4 is 5.32 Å². The number of halogens is 1. The average molecular weight is 242 g/mol. The van der Waals surface area contributed by atoms with Gasteiger partial charge in [-0.05, 0) is 45.4 Å². The molecular formula is C12H16ClNO2. The third kappa shape index (κ3) is 4.11. The fraction of sp³-hybridized carbons (Fsp3) is 0.417. The zero-order valence-electron chi connectivity index (χ0n) is 9.93. The molecule has 0 aliphatic rings. The molecule has 0 bridgehead atoms. The van der Waals surface area contributed by atoms with E-state index in [1.165, 1.54) is 0 Å². The maximum Gasteiger partial charge on any atom is 0.412 e. The standard InChI is InChI=1S/C12H16ClNO2/c1-8-5-6-10(9(13)7-8)14-11(15)16-12(2,3)4/h5-7H,1-4H3,(H,14,15). The Morgan fingerprint density at radius 2 is 2.00 bits per heavy atom. The maximum absolute atomic E-state index is 11.5. The van der Waals surface area contributed by atoms with E-state index in [0.717, 1.165) is 5.56 Å². The van der Waals surface area contributed by atoms with Crippen LogP contribution in [0.5, 0.6) is 0 Å². The summed E-state index contributed by atoms with van der Waals surface area (Å²) in [7, 11) is 0. The van der Waals surface area contributed by atoms with Crippen LogP contribution >= 0.6 is 11.6 Å². The Balaban J connectivity index is 2.70. The number of ether oxygens (including phenoxy) is 1. The molecule has 0 radical (unpaired) electrons. The molecule has 0 atom stereocenters. The summed E-state index contributed by atoms with van der Waals surface area (Å²) >= 11 is 5.97. The number of aryl methyl sites for hydroxylation is 1. The van der Waals surface area contributed by atoms with E-state index in [2.05, 4.69) is 5.32 Å². The van der Waals surface area contributed by atoms with Gasteiger partial charge in [0.15, 0.2) is 0 Å². The summed E-state index contributed by atoms with van der Waals surface area (Å²) in [6.45, 7) is 7.36. The van der Waals surface area contributed by atoms with E-state index in [-0.39, 0.29) is 0 Å². The summed E-state index contributed by atoms with van der Waals surface area (Å²) in [4.78, 5) is 11.5. The van der Waals surface area contributed by atoms with Gasteiger partial charge in [-0.15, -0.1) is 0 Å². The normalized spacial score (nSPS) is 11.1. The van der Waals surface area contributed by atoms with E-state index in [1.54, 1.807) is 12.1 Å². The van der Waals surface area contributed by atoms with Crippen molar-refractivity contribution in [3.8, 4) is 0 Å². The lowest BCUT2D eigenvalue weighted by atomic mass is 10.2. The summed E-state index contributed by atoms with van der Waals surface area (Å²) in [5, 5.41) is 3.11. The number of amides is 1. The fourth-order valence-electron chi connectivity index (χ4n) is 1.14. The van der Waals surface area contributed by atoms with Crippen molar-refractivity contribution in [2.75, 3.05) is 5.32 Å². The monoisotopic (exact) mass is 241 g/mol. The molecule has 1 aromatic rings. The second-order valence-corrected chi connectivity index (χ2v) is 5.02. The molecular weight excluding hydrogens is 226 g/mol. The molecule has 0 heterocycles. The van der Waals surface area contributed by atoms with Crippen molar-refractivity contribution >= 4 is 23.4 Å². The first-order chi connectivity index (χ1) is 7.28. The van der Waals surface area contributed by atoms with E-state index in [4.69, 9.17) is 16.3 Å². The van der Waals surface area contributed by atoms with Gasteiger partial charge in [-0.2, -0.15) is 0 Å². The summed E-state index contributed by atoms with van der Waals surface area (Å²) in [6.07, 6.45) is -0.502. The second kappa shape index (κ2) is 4.74. The predicted molar refractivity (Wildman–Crippen MR) is 66.0 cm³/mol.